The number of nitrogens with one attached hydrogen (secondary N) is 1. The van der Waals surface area contributed by atoms with Gasteiger partial charge < -0.3 is 10.3 Å². The molecule has 0 radical (unpaired) electrons. The minimum Gasteiger partial charge on any atom is -0.338 e. The number of nitrogens with two attached hydrogens (primary N) is 1. The Balaban J connectivity index is 2.01. The average Bonchev–Trinajstić information content (AvgIpc) is 2.59. The summed E-state index contributed by atoms with van der Waals surface area (Å²) in [5, 5.41) is 0. The molecule has 0 saturated carbocycles. The zero-order chi connectivity index (χ0) is 11.5. The van der Waals surface area contributed by atoms with Crippen LogP contribution in [0.5, 0.6) is 0 Å². The van der Waals surface area contributed by atoms with E-state index in [9.17, 15) is 4.79 Å². The molecule has 0 aliphatic carbocycles. The average molecular weight is 220 g/mol. The highest BCUT2D eigenvalue weighted by Crippen LogP contribution is 2.19. The van der Waals surface area contributed by atoms with E-state index in [0.717, 1.165) is 12.1 Å². The molecule has 0 aromatic carbocycles. The molecule has 86 valence electrons. The van der Waals surface area contributed by atoms with Crippen LogP contribution in [0.1, 0.15) is 18.9 Å². The minimum absolute atomic E-state index is 0.230. The van der Waals surface area contributed by atoms with Crippen LogP contribution in [0.3, 0.4) is 0 Å². The summed E-state index contributed by atoms with van der Waals surface area (Å²) in [5.74, 6) is 6.55. The first-order valence-electron chi connectivity index (χ1n) is 5.38. The van der Waals surface area contributed by atoms with E-state index in [4.69, 9.17) is 5.84 Å². The van der Waals surface area contributed by atoms with Crippen LogP contribution < -0.4 is 11.3 Å². The lowest BCUT2D eigenvalue weighted by Gasteiger charge is -2.15. The van der Waals surface area contributed by atoms with Crippen molar-refractivity contribution in [3.63, 3.8) is 0 Å². The molecule has 1 saturated heterocycles. The van der Waals surface area contributed by atoms with Crippen molar-refractivity contribution in [2.24, 2.45) is 11.8 Å². The van der Waals surface area contributed by atoms with Crippen LogP contribution in [-0.4, -0.2) is 22.3 Å². The molecule has 2 rings (SSSR count). The SMILES string of the molecule is CC1CC(=O)N(Cc2ccc(NN)nc2)C1. The number of aromatic nitrogens is 1. The monoisotopic (exact) mass is 220 g/mol. The van der Waals surface area contributed by atoms with E-state index in [-0.39, 0.29) is 5.91 Å². The largest absolute Gasteiger partial charge is 0.338 e. The van der Waals surface area contributed by atoms with Crippen LogP contribution in [-0.2, 0) is 11.3 Å². The Morgan fingerprint density at radius 1 is 1.62 bits per heavy atom. The number of carbonyl (C=O) groups is 1. The molecule has 1 amide bonds. The maximum Gasteiger partial charge on any atom is 0.223 e. The van der Waals surface area contributed by atoms with Crippen LogP contribution in [0.2, 0.25) is 0 Å². The highest BCUT2D eigenvalue weighted by molar-refractivity contribution is 5.78. The molecule has 3 N–H and O–H groups in total. The molecule has 5 heteroatoms. The first kappa shape index (κ1) is 10.9. The summed E-state index contributed by atoms with van der Waals surface area (Å²) >= 11 is 0. The van der Waals surface area contributed by atoms with Crippen molar-refractivity contribution in [2.45, 2.75) is 19.9 Å². The van der Waals surface area contributed by atoms with Gasteiger partial charge in [0.05, 0.1) is 0 Å². The molecule has 2 heterocycles. The number of anilines is 1. The van der Waals surface area contributed by atoms with Crippen molar-refractivity contribution < 1.29 is 4.79 Å². The Morgan fingerprint density at radius 3 is 2.94 bits per heavy atom. The molecule has 1 aliphatic heterocycles. The number of amides is 1. The third-order valence-corrected chi connectivity index (χ3v) is 2.75. The molecule has 0 spiro atoms. The van der Waals surface area contributed by atoms with Crippen LogP contribution >= 0.6 is 0 Å². The zero-order valence-corrected chi connectivity index (χ0v) is 9.31. The highest BCUT2D eigenvalue weighted by atomic mass is 16.2. The maximum absolute atomic E-state index is 11.6. The van der Waals surface area contributed by atoms with Crippen LogP contribution in [0.4, 0.5) is 5.82 Å². The van der Waals surface area contributed by atoms with Crippen molar-refractivity contribution in [1.29, 1.82) is 0 Å². The van der Waals surface area contributed by atoms with E-state index in [1.54, 1.807) is 12.3 Å². The van der Waals surface area contributed by atoms with Crippen LogP contribution in [0, 0.1) is 5.92 Å². The summed E-state index contributed by atoms with van der Waals surface area (Å²) in [7, 11) is 0. The summed E-state index contributed by atoms with van der Waals surface area (Å²) < 4.78 is 0. The molecule has 1 fully saturated rings. The summed E-state index contributed by atoms with van der Waals surface area (Å²) in [5.41, 5.74) is 3.50. The third-order valence-electron chi connectivity index (χ3n) is 2.75. The van der Waals surface area contributed by atoms with Crippen molar-refractivity contribution >= 4 is 11.7 Å². The number of nitrogen functional groups attached to an aromatic ring is 1. The van der Waals surface area contributed by atoms with E-state index in [1.165, 1.54) is 0 Å². The number of hydrogen-bond acceptors (Lipinski definition) is 4. The number of hydrazine groups is 1. The van der Waals surface area contributed by atoms with Gasteiger partial charge in [0.2, 0.25) is 5.91 Å². The molecule has 0 bridgehead atoms. The van der Waals surface area contributed by atoms with Gasteiger partial charge in [0.1, 0.15) is 5.82 Å². The Morgan fingerprint density at radius 2 is 2.44 bits per heavy atom. The van der Waals surface area contributed by atoms with Gasteiger partial charge in [0, 0.05) is 25.7 Å². The number of hydrogen-bond donors (Lipinski definition) is 2. The van der Waals surface area contributed by atoms with Gasteiger partial charge in [-0.05, 0) is 17.5 Å². The lowest BCUT2D eigenvalue weighted by atomic mass is 10.2. The first-order valence-corrected chi connectivity index (χ1v) is 5.38. The Kier molecular flexibility index (Phi) is 3.05. The fraction of sp³-hybridized carbons (Fsp3) is 0.455. The summed E-state index contributed by atoms with van der Waals surface area (Å²) in [6.45, 7) is 3.58. The number of pyridine rings is 1. The lowest BCUT2D eigenvalue weighted by Crippen LogP contribution is -2.24. The van der Waals surface area contributed by atoms with E-state index in [0.29, 0.717) is 24.7 Å². The molecule has 5 nitrogen and oxygen atoms in total. The maximum atomic E-state index is 11.6. The smallest absolute Gasteiger partial charge is 0.223 e. The summed E-state index contributed by atoms with van der Waals surface area (Å²) in [4.78, 5) is 17.6. The fourth-order valence-corrected chi connectivity index (χ4v) is 1.95. The molecule has 1 aliphatic rings. The van der Waals surface area contributed by atoms with Gasteiger partial charge in [-0.15, -0.1) is 0 Å². The van der Waals surface area contributed by atoms with Gasteiger partial charge in [-0.2, -0.15) is 0 Å². The zero-order valence-electron chi connectivity index (χ0n) is 9.31. The normalized spacial score (nSPS) is 20.2. The van der Waals surface area contributed by atoms with Crippen molar-refractivity contribution in [1.82, 2.24) is 9.88 Å². The predicted molar refractivity (Wildman–Crippen MR) is 61.2 cm³/mol. The third kappa shape index (κ3) is 2.30. The Labute approximate surface area is 94.6 Å². The van der Waals surface area contributed by atoms with Gasteiger partial charge in [0.25, 0.3) is 0 Å². The number of rotatable bonds is 3. The molecule has 1 aromatic rings. The van der Waals surface area contributed by atoms with E-state index >= 15 is 0 Å². The molecule has 1 aromatic heterocycles. The first-order chi connectivity index (χ1) is 7.69. The standard InChI is InChI=1S/C11H16N4O/c1-8-4-11(16)15(6-8)7-9-2-3-10(14-12)13-5-9/h2-3,5,8H,4,6-7,12H2,1H3,(H,13,14). The van der Waals surface area contributed by atoms with Crippen molar-refractivity contribution in [3.05, 3.63) is 23.9 Å². The summed E-state index contributed by atoms with van der Waals surface area (Å²) in [6.07, 6.45) is 2.40. The molecule has 16 heavy (non-hydrogen) atoms. The van der Waals surface area contributed by atoms with E-state index < -0.39 is 0 Å². The second-order valence-corrected chi connectivity index (χ2v) is 4.28. The van der Waals surface area contributed by atoms with Crippen molar-refractivity contribution in [2.75, 3.05) is 12.0 Å². The molecular formula is C11H16N4O. The highest BCUT2D eigenvalue weighted by Gasteiger charge is 2.26. The molecule has 1 atom stereocenters. The van der Waals surface area contributed by atoms with Crippen LogP contribution in [0.15, 0.2) is 18.3 Å². The quantitative estimate of drug-likeness (QED) is 0.582. The second-order valence-electron chi connectivity index (χ2n) is 4.28. The fourth-order valence-electron chi connectivity index (χ4n) is 1.95. The number of nitrogens with zero attached hydrogens (tertiary/aromatic N) is 2. The van der Waals surface area contributed by atoms with E-state index in [2.05, 4.69) is 17.3 Å². The predicted octanol–water partition coefficient (Wildman–Crippen LogP) is 0.736. The number of carbonyl (C=O) groups excluding carboxylic acids is 1. The van der Waals surface area contributed by atoms with Gasteiger partial charge in [-0.25, -0.2) is 10.8 Å². The second kappa shape index (κ2) is 4.49. The summed E-state index contributed by atoms with van der Waals surface area (Å²) in [6, 6.07) is 3.73. The topological polar surface area (TPSA) is 71.2 Å². The van der Waals surface area contributed by atoms with Gasteiger partial charge >= 0.3 is 0 Å². The minimum atomic E-state index is 0.230. The molecular weight excluding hydrogens is 204 g/mol. The van der Waals surface area contributed by atoms with E-state index in [1.807, 2.05) is 11.0 Å². The van der Waals surface area contributed by atoms with Gasteiger partial charge in [-0.3, -0.25) is 4.79 Å². The lowest BCUT2D eigenvalue weighted by molar-refractivity contribution is -0.128. The van der Waals surface area contributed by atoms with Gasteiger partial charge in [0.15, 0.2) is 0 Å². The Bertz CT molecular complexity index is 376. The van der Waals surface area contributed by atoms with Gasteiger partial charge in [-0.1, -0.05) is 13.0 Å². The molecule has 1 unspecified atom stereocenters. The Hall–Kier alpha value is -1.62. The number of likely N-dealkylation sites (tertiary alicyclic amines) is 1. The van der Waals surface area contributed by atoms with Crippen molar-refractivity contribution in [3.8, 4) is 0 Å². The van der Waals surface area contributed by atoms with Crippen LogP contribution in [0.25, 0.3) is 0 Å².